The minimum atomic E-state index is 1.02. The summed E-state index contributed by atoms with van der Waals surface area (Å²) in [7, 11) is 0. The van der Waals surface area contributed by atoms with E-state index >= 15 is 0 Å². The number of hydrogen-bond donors (Lipinski definition) is 0. The first-order chi connectivity index (χ1) is 3.31. The average molecular weight is 115 g/mol. The van der Waals surface area contributed by atoms with Crippen LogP contribution >= 0.6 is 12.6 Å². The first kappa shape index (κ1) is 6.96. The van der Waals surface area contributed by atoms with Crippen molar-refractivity contribution in [1.29, 1.82) is 0 Å². The molecule has 41 valence electrons. The molecule has 0 fully saturated rings. The van der Waals surface area contributed by atoms with E-state index in [-0.39, 0.29) is 0 Å². The van der Waals surface area contributed by atoms with Crippen LogP contribution in [-0.4, -0.2) is 0 Å². The predicted molar refractivity (Wildman–Crippen MR) is 36.3 cm³/mol. The monoisotopic (exact) mass is 115 g/mol. The quantitative estimate of drug-likeness (QED) is 0.519. The van der Waals surface area contributed by atoms with E-state index in [2.05, 4.69) is 19.9 Å². The van der Waals surface area contributed by atoms with Crippen LogP contribution in [0.25, 0.3) is 0 Å². The van der Waals surface area contributed by atoms with Crippen molar-refractivity contribution in [3.63, 3.8) is 0 Å². The van der Waals surface area contributed by atoms with Crippen molar-refractivity contribution in [1.82, 2.24) is 0 Å². The van der Waals surface area contributed by atoms with E-state index in [0.717, 1.165) is 17.7 Å². The molecule has 1 heteroatoms. The maximum atomic E-state index is 4.90. The molecule has 1 radical (unpaired) electrons. The molecule has 0 saturated heterocycles. The summed E-state index contributed by atoms with van der Waals surface area (Å²) in [4.78, 5) is 1.09. The summed E-state index contributed by atoms with van der Waals surface area (Å²) in [5.74, 6) is 0. The Kier molecular flexibility index (Phi) is 4.10. The average Bonchev–Trinajstić information content (AvgIpc) is 1.68. The van der Waals surface area contributed by atoms with Crippen LogP contribution in [0.4, 0.5) is 0 Å². The molecule has 0 aliphatic carbocycles. The first-order valence-corrected chi connectivity index (χ1v) is 3.08. The van der Waals surface area contributed by atoms with E-state index in [1.54, 1.807) is 0 Å². The Hall–Kier alpha value is -0.0400. The summed E-state index contributed by atoms with van der Waals surface area (Å²) in [5, 5.41) is 0. The molecule has 0 heterocycles. The van der Waals surface area contributed by atoms with Gasteiger partial charge in [0, 0.05) is 4.91 Å². The Labute approximate surface area is 51.0 Å². The zero-order valence-corrected chi connectivity index (χ0v) is 5.72. The van der Waals surface area contributed by atoms with Crippen LogP contribution in [0, 0.1) is 0 Å². The third-order valence-electron chi connectivity index (χ3n) is 0.780. The normalized spacial score (nSPS) is 12.0. The predicted octanol–water partition coefficient (Wildman–Crippen LogP) is 2.89. The first-order valence-electron chi connectivity index (χ1n) is 2.67. The Bertz CT molecular complexity index is 64.6. The minimum absolute atomic E-state index is 1.02. The highest BCUT2D eigenvalue weighted by Crippen LogP contribution is 2.04. The van der Waals surface area contributed by atoms with Gasteiger partial charge >= 0.3 is 0 Å². The maximum absolute atomic E-state index is 4.90. The van der Waals surface area contributed by atoms with Gasteiger partial charge in [-0.15, -0.1) is 0 Å². The van der Waals surface area contributed by atoms with Crippen LogP contribution < -0.4 is 0 Å². The van der Waals surface area contributed by atoms with Crippen molar-refractivity contribution in [3.8, 4) is 0 Å². The summed E-state index contributed by atoms with van der Waals surface area (Å²) in [6, 6.07) is 0. The molecular weight excluding hydrogens is 104 g/mol. The van der Waals surface area contributed by atoms with Crippen molar-refractivity contribution in [3.05, 3.63) is 11.0 Å². The molecule has 0 N–H and O–H groups in total. The lowest BCUT2D eigenvalue weighted by Gasteiger charge is -1.85. The third kappa shape index (κ3) is 3.80. The molecule has 0 aliphatic rings. The third-order valence-corrected chi connectivity index (χ3v) is 1.24. The second kappa shape index (κ2) is 4.13. The lowest BCUT2D eigenvalue weighted by molar-refractivity contribution is 1.14. The van der Waals surface area contributed by atoms with Crippen LogP contribution in [-0.2, 0) is 0 Å². The van der Waals surface area contributed by atoms with Crippen LogP contribution in [0.3, 0.4) is 0 Å². The topological polar surface area (TPSA) is 0 Å². The van der Waals surface area contributed by atoms with Gasteiger partial charge in [0.15, 0.2) is 0 Å². The molecule has 0 amide bonds. The molecule has 0 saturated carbocycles. The molecule has 0 rings (SSSR count). The zero-order valence-electron chi connectivity index (χ0n) is 4.90. The fraction of sp³-hybridized carbons (Fsp3) is 0.667. The van der Waals surface area contributed by atoms with Crippen LogP contribution in [0.15, 0.2) is 11.0 Å². The van der Waals surface area contributed by atoms with E-state index in [1.807, 2.05) is 0 Å². The van der Waals surface area contributed by atoms with Gasteiger partial charge in [0.05, 0.1) is 0 Å². The molecule has 0 bridgehead atoms. The van der Waals surface area contributed by atoms with Gasteiger partial charge in [-0.2, -0.15) is 0 Å². The SMILES string of the molecule is CC/C=C(\[S])CC. The van der Waals surface area contributed by atoms with Gasteiger partial charge in [-0.1, -0.05) is 32.6 Å². The molecule has 0 spiro atoms. The Balaban J connectivity index is 3.29. The summed E-state index contributed by atoms with van der Waals surface area (Å²) in [6.45, 7) is 4.18. The van der Waals surface area contributed by atoms with E-state index < -0.39 is 0 Å². The molecule has 7 heavy (non-hydrogen) atoms. The van der Waals surface area contributed by atoms with Gasteiger partial charge in [-0.3, -0.25) is 0 Å². The molecule has 0 aliphatic heterocycles. The van der Waals surface area contributed by atoms with Crippen molar-refractivity contribution in [2.24, 2.45) is 0 Å². The number of hydrogen-bond acceptors (Lipinski definition) is 0. The Morgan fingerprint density at radius 3 is 2.29 bits per heavy atom. The highest BCUT2D eigenvalue weighted by molar-refractivity contribution is 7.84. The van der Waals surface area contributed by atoms with Crippen molar-refractivity contribution < 1.29 is 0 Å². The lowest BCUT2D eigenvalue weighted by Crippen LogP contribution is -1.63. The van der Waals surface area contributed by atoms with Gasteiger partial charge in [0.1, 0.15) is 0 Å². The maximum Gasteiger partial charge on any atom is 0.0109 e. The smallest absolute Gasteiger partial charge is 0.0109 e. The van der Waals surface area contributed by atoms with Crippen molar-refractivity contribution in [2.75, 3.05) is 0 Å². The van der Waals surface area contributed by atoms with E-state index in [0.29, 0.717) is 0 Å². The van der Waals surface area contributed by atoms with Gasteiger partial charge in [0.2, 0.25) is 0 Å². The summed E-state index contributed by atoms with van der Waals surface area (Å²) >= 11 is 4.90. The van der Waals surface area contributed by atoms with Crippen molar-refractivity contribution >= 4 is 12.6 Å². The molecular formula is C6H11S. The standard InChI is InChI=1S/C6H11S/c1-3-5-6(7)4-2/h5H,3-4H2,1-2H3/b6-5-. The zero-order chi connectivity index (χ0) is 5.70. The highest BCUT2D eigenvalue weighted by atomic mass is 32.1. The van der Waals surface area contributed by atoms with E-state index in [4.69, 9.17) is 12.6 Å². The fourth-order valence-corrected chi connectivity index (χ4v) is 0.539. The molecule has 0 aromatic rings. The second-order valence-corrected chi connectivity index (χ2v) is 1.96. The van der Waals surface area contributed by atoms with Gasteiger partial charge in [-0.25, -0.2) is 0 Å². The van der Waals surface area contributed by atoms with Gasteiger partial charge < -0.3 is 0 Å². The van der Waals surface area contributed by atoms with Gasteiger partial charge in [-0.05, 0) is 12.8 Å². The van der Waals surface area contributed by atoms with E-state index in [1.165, 1.54) is 0 Å². The Morgan fingerprint density at radius 2 is 2.14 bits per heavy atom. The molecule has 0 unspecified atom stereocenters. The van der Waals surface area contributed by atoms with Crippen LogP contribution in [0.5, 0.6) is 0 Å². The molecule has 0 nitrogen and oxygen atoms in total. The molecule has 0 aromatic carbocycles. The second-order valence-electron chi connectivity index (χ2n) is 1.43. The summed E-state index contributed by atoms with van der Waals surface area (Å²) in [5.41, 5.74) is 0. The Morgan fingerprint density at radius 1 is 1.57 bits per heavy atom. The van der Waals surface area contributed by atoms with Crippen LogP contribution in [0.1, 0.15) is 26.7 Å². The summed E-state index contributed by atoms with van der Waals surface area (Å²) in [6.07, 6.45) is 4.17. The number of allylic oxidation sites excluding steroid dienone is 2. The van der Waals surface area contributed by atoms with Crippen LogP contribution in [0.2, 0.25) is 0 Å². The van der Waals surface area contributed by atoms with Crippen molar-refractivity contribution in [2.45, 2.75) is 26.7 Å². The fourth-order valence-electron chi connectivity index (χ4n) is 0.372. The molecule has 0 atom stereocenters. The van der Waals surface area contributed by atoms with E-state index in [9.17, 15) is 0 Å². The largest absolute Gasteiger partial charge is 0.0853 e. The molecule has 0 aromatic heterocycles. The highest BCUT2D eigenvalue weighted by Gasteiger charge is 1.79. The lowest BCUT2D eigenvalue weighted by atomic mass is 10.3. The summed E-state index contributed by atoms with van der Waals surface area (Å²) < 4.78 is 0. The minimum Gasteiger partial charge on any atom is -0.0853 e. The number of rotatable bonds is 2. The van der Waals surface area contributed by atoms with Gasteiger partial charge in [0.25, 0.3) is 0 Å².